The smallest absolute Gasteiger partial charge is 0.255 e. The molecule has 2 heterocycles. The zero-order valence-electron chi connectivity index (χ0n) is 13.2. The Bertz CT molecular complexity index is 868. The van der Waals surface area contributed by atoms with Crippen molar-refractivity contribution in [2.75, 3.05) is 36.5 Å². The summed E-state index contributed by atoms with van der Waals surface area (Å²) in [5, 5.41) is 3.03. The Balaban J connectivity index is 1.59. The number of fused-ring (bicyclic) bond motifs is 1. The Morgan fingerprint density at radius 2 is 2.00 bits per heavy atom. The van der Waals surface area contributed by atoms with Gasteiger partial charge < -0.3 is 19.9 Å². The van der Waals surface area contributed by atoms with E-state index in [0.717, 1.165) is 35.5 Å². The number of aromatic amines is 1. The number of hydrogen-bond donors (Lipinski definition) is 2. The molecule has 1 fully saturated rings. The molecule has 2 aromatic carbocycles. The summed E-state index contributed by atoms with van der Waals surface area (Å²) in [6, 6.07) is 13.3. The van der Waals surface area contributed by atoms with Crippen LogP contribution < -0.4 is 10.2 Å². The number of ether oxygens (including phenoxy) is 1. The largest absolute Gasteiger partial charge is 0.378 e. The number of nitrogens with one attached hydrogen (secondary N) is 2. The number of rotatable bonds is 3. The van der Waals surface area contributed by atoms with Gasteiger partial charge in [-0.15, -0.1) is 0 Å². The van der Waals surface area contributed by atoms with Gasteiger partial charge in [0.25, 0.3) is 5.91 Å². The number of H-pyrrole nitrogens is 1. The quantitative estimate of drug-likeness (QED) is 0.778. The van der Waals surface area contributed by atoms with Crippen LogP contribution in [0.2, 0.25) is 0 Å². The first kappa shape index (κ1) is 14.7. The van der Waals surface area contributed by atoms with Gasteiger partial charge in [0.05, 0.1) is 41.9 Å². The maximum atomic E-state index is 12.6. The number of morpholine rings is 1. The molecule has 1 aliphatic rings. The molecule has 0 saturated carbocycles. The molecule has 6 heteroatoms. The van der Waals surface area contributed by atoms with Crippen molar-refractivity contribution < 1.29 is 9.53 Å². The molecule has 0 atom stereocenters. The van der Waals surface area contributed by atoms with Gasteiger partial charge in [-0.3, -0.25) is 4.79 Å². The molecule has 3 aromatic rings. The van der Waals surface area contributed by atoms with Crippen LogP contribution in [0.5, 0.6) is 0 Å². The van der Waals surface area contributed by atoms with E-state index < -0.39 is 0 Å². The van der Waals surface area contributed by atoms with Crippen LogP contribution in [0.15, 0.2) is 48.8 Å². The van der Waals surface area contributed by atoms with E-state index in [1.165, 1.54) is 0 Å². The van der Waals surface area contributed by atoms with Crippen LogP contribution in [0.25, 0.3) is 11.0 Å². The standard InChI is InChI=1S/C18H18N4O2/c23-18(13-5-6-14-16(11-13)20-12-19-14)21-15-3-1-2-4-17(15)22-7-9-24-10-8-22/h1-6,11-12H,7-10H2,(H,19,20)(H,21,23). The SMILES string of the molecule is O=C(Nc1ccccc1N1CCOCC1)c1ccc2nc[nH]c2c1. The number of imidazole rings is 1. The minimum Gasteiger partial charge on any atom is -0.378 e. The lowest BCUT2D eigenvalue weighted by Crippen LogP contribution is -2.36. The summed E-state index contributed by atoms with van der Waals surface area (Å²) in [6.45, 7) is 3.07. The minimum absolute atomic E-state index is 0.132. The van der Waals surface area contributed by atoms with E-state index in [-0.39, 0.29) is 5.91 Å². The lowest BCUT2D eigenvalue weighted by atomic mass is 10.1. The lowest BCUT2D eigenvalue weighted by Gasteiger charge is -2.30. The van der Waals surface area contributed by atoms with Crippen LogP contribution in [-0.4, -0.2) is 42.2 Å². The summed E-state index contributed by atoms with van der Waals surface area (Å²) in [5.41, 5.74) is 4.14. The zero-order chi connectivity index (χ0) is 16.4. The summed E-state index contributed by atoms with van der Waals surface area (Å²) in [5.74, 6) is -0.132. The molecule has 1 saturated heterocycles. The van der Waals surface area contributed by atoms with Gasteiger partial charge in [0.1, 0.15) is 0 Å². The fraction of sp³-hybridized carbons (Fsp3) is 0.222. The maximum absolute atomic E-state index is 12.6. The van der Waals surface area contributed by atoms with Crippen LogP contribution in [0.4, 0.5) is 11.4 Å². The third kappa shape index (κ3) is 2.83. The molecule has 122 valence electrons. The second-order valence-corrected chi connectivity index (χ2v) is 5.71. The summed E-state index contributed by atoms with van der Waals surface area (Å²) in [7, 11) is 0. The molecular formula is C18H18N4O2. The minimum atomic E-state index is -0.132. The highest BCUT2D eigenvalue weighted by Crippen LogP contribution is 2.27. The summed E-state index contributed by atoms with van der Waals surface area (Å²) < 4.78 is 5.41. The molecule has 1 amide bonds. The van der Waals surface area contributed by atoms with Crippen molar-refractivity contribution in [3.05, 3.63) is 54.4 Å². The Morgan fingerprint density at radius 3 is 2.88 bits per heavy atom. The molecule has 0 aliphatic carbocycles. The number of carbonyl (C=O) groups is 1. The first-order chi connectivity index (χ1) is 11.8. The van der Waals surface area contributed by atoms with Gasteiger partial charge in [-0.05, 0) is 30.3 Å². The highest BCUT2D eigenvalue weighted by molar-refractivity contribution is 6.07. The average molecular weight is 322 g/mol. The molecule has 1 aromatic heterocycles. The molecule has 0 unspecified atom stereocenters. The van der Waals surface area contributed by atoms with E-state index >= 15 is 0 Å². The normalized spacial score (nSPS) is 14.8. The maximum Gasteiger partial charge on any atom is 0.255 e. The molecule has 0 bridgehead atoms. The van der Waals surface area contributed by atoms with Gasteiger partial charge in [0.2, 0.25) is 0 Å². The van der Waals surface area contributed by atoms with Crippen LogP contribution in [0, 0.1) is 0 Å². The fourth-order valence-electron chi connectivity index (χ4n) is 2.93. The van der Waals surface area contributed by atoms with Crippen molar-refractivity contribution in [3.63, 3.8) is 0 Å². The molecule has 4 rings (SSSR count). The van der Waals surface area contributed by atoms with Crippen molar-refractivity contribution >= 4 is 28.3 Å². The number of amides is 1. The Labute approximate surface area is 139 Å². The first-order valence-electron chi connectivity index (χ1n) is 7.97. The number of nitrogens with zero attached hydrogens (tertiary/aromatic N) is 2. The third-order valence-electron chi connectivity index (χ3n) is 4.19. The van der Waals surface area contributed by atoms with Crippen molar-refractivity contribution in [3.8, 4) is 0 Å². The number of aromatic nitrogens is 2. The second-order valence-electron chi connectivity index (χ2n) is 5.71. The predicted molar refractivity (Wildman–Crippen MR) is 93.5 cm³/mol. The van der Waals surface area contributed by atoms with Crippen molar-refractivity contribution in [1.29, 1.82) is 0 Å². The van der Waals surface area contributed by atoms with Gasteiger partial charge in [-0.2, -0.15) is 0 Å². The Kier molecular flexibility index (Phi) is 3.88. The first-order valence-corrected chi connectivity index (χ1v) is 7.97. The van der Waals surface area contributed by atoms with Crippen molar-refractivity contribution in [2.24, 2.45) is 0 Å². The third-order valence-corrected chi connectivity index (χ3v) is 4.19. The molecule has 1 aliphatic heterocycles. The molecule has 6 nitrogen and oxygen atoms in total. The van der Waals surface area contributed by atoms with E-state index in [2.05, 4.69) is 20.2 Å². The number of carbonyl (C=O) groups excluding carboxylic acids is 1. The monoisotopic (exact) mass is 322 g/mol. The number of para-hydroxylation sites is 2. The van der Waals surface area contributed by atoms with Crippen LogP contribution >= 0.6 is 0 Å². The van der Waals surface area contributed by atoms with Gasteiger partial charge in [0.15, 0.2) is 0 Å². The topological polar surface area (TPSA) is 70.2 Å². The van der Waals surface area contributed by atoms with Crippen molar-refractivity contribution in [2.45, 2.75) is 0 Å². The zero-order valence-corrected chi connectivity index (χ0v) is 13.2. The highest BCUT2D eigenvalue weighted by Gasteiger charge is 2.16. The Hall–Kier alpha value is -2.86. The fourth-order valence-corrected chi connectivity index (χ4v) is 2.93. The Morgan fingerprint density at radius 1 is 1.17 bits per heavy atom. The molecular weight excluding hydrogens is 304 g/mol. The second kappa shape index (κ2) is 6.33. The van der Waals surface area contributed by atoms with Crippen LogP contribution in [0.1, 0.15) is 10.4 Å². The van der Waals surface area contributed by atoms with E-state index in [9.17, 15) is 4.79 Å². The number of hydrogen-bond acceptors (Lipinski definition) is 4. The van der Waals surface area contributed by atoms with Gasteiger partial charge >= 0.3 is 0 Å². The average Bonchev–Trinajstić information content (AvgIpc) is 3.10. The number of anilines is 2. The van der Waals surface area contributed by atoms with E-state index in [0.29, 0.717) is 18.8 Å². The molecule has 0 radical (unpaired) electrons. The van der Waals surface area contributed by atoms with E-state index in [4.69, 9.17) is 4.74 Å². The van der Waals surface area contributed by atoms with E-state index in [1.54, 1.807) is 12.4 Å². The summed E-state index contributed by atoms with van der Waals surface area (Å²) >= 11 is 0. The number of benzene rings is 2. The lowest BCUT2D eigenvalue weighted by molar-refractivity contribution is 0.102. The van der Waals surface area contributed by atoms with Crippen molar-refractivity contribution in [1.82, 2.24) is 9.97 Å². The summed E-state index contributed by atoms with van der Waals surface area (Å²) in [6.07, 6.45) is 1.63. The molecule has 2 N–H and O–H groups in total. The summed E-state index contributed by atoms with van der Waals surface area (Å²) in [4.78, 5) is 22.1. The molecule has 24 heavy (non-hydrogen) atoms. The predicted octanol–water partition coefficient (Wildman–Crippen LogP) is 2.65. The van der Waals surface area contributed by atoms with Crippen LogP contribution in [-0.2, 0) is 4.74 Å². The van der Waals surface area contributed by atoms with Gasteiger partial charge in [-0.1, -0.05) is 12.1 Å². The molecule has 0 spiro atoms. The highest BCUT2D eigenvalue weighted by atomic mass is 16.5. The van der Waals surface area contributed by atoms with Crippen LogP contribution in [0.3, 0.4) is 0 Å². The van der Waals surface area contributed by atoms with Gasteiger partial charge in [0, 0.05) is 18.7 Å². The van der Waals surface area contributed by atoms with E-state index in [1.807, 2.05) is 36.4 Å². The van der Waals surface area contributed by atoms with Gasteiger partial charge in [-0.25, -0.2) is 4.98 Å².